The molecule has 1 heterocycles. The minimum Gasteiger partial charge on any atom is -0.479 e. The van der Waals surface area contributed by atoms with Crippen LogP contribution in [0.15, 0.2) is 6.33 Å². The van der Waals surface area contributed by atoms with Crippen molar-refractivity contribution in [2.24, 2.45) is 0 Å². The summed E-state index contributed by atoms with van der Waals surface area (Å²) in [6.45, 7) is 1.64. The molecule has 0 aliphatic rings. The molecule has 0 aliphatic heterocycles. The monoisotopic (exact) mass is 240 g/mol. The van der Waals surface area contributed by atoms with Crippen molar-refractivity contribution in [1.82, 2.24) is 9.97 Å². The summed E-state index contributed by atoms with van der Waals surface area (Å²) in [4.78, 5) is 7.98. The van der Waals surface area contributed by atoms with Crippen molar-refractivity contribution in [3.05, 3.63) is 6.33 Å². The fourth-order valence-corrected chi connectivity index (χ4v) is 1.44. The molecule has 0 spiro atoms. The number of ether oxygens (including phenoxy) is 2. The fraction of sp³-hybridized carbons (Fsp3) is 0.636. The molecule has 1 aromatic heterocycles. The Morgan fingerprint density at radius 2 is 2.06 bits per heavy atom. The van der Waals surface area contributed by atoms with Crippen LogP contribution in [-0.4, -0.2) is 37.3 Å². The summed E-state index contributed by atoms with van der Waals surface area (Å²) in [5, 5.41) is 3.17. The van der Waals surface area contributed by atoms with Crippen LogP contribution in [0.3, 0.4) is 0 Å². The first kappa shape index (κ1) is 13.5. The predicted octanol–water partition coefficient (Wildman–Crippen LogP) is 1.30. The maximum absolute atomic E-state index is 5.82. The highest BCUT2D eigenvalue weighted by Gasteiger charge is 2.06. The largest absolute Gasteiger partial charge is 0.479 e. The van der Waals surface area contributed by atoms with Gasteiger partial charge >= 0.3 is 0 Å². The number of nitrogens with two attached hydrogens (primary N) is 1. The molecule has 17 heavy (non-hydrogen) atoms. The lowest BCUT2D eigenvalue weighted by molar-refractivity contribution is 0.192. The van der Waals surface area contributed by atoms with E-state index in [9.17, 15) is 0 Å². The summed E-state index contributed by atoms with van der Waals surface area (Å²) in [5.74, 6) is 1.03. The summed E-state index contributed by atoms with van der Waals surface area (Å²) in [7, 11) is 3.25. The molecule has 1 rings (SSSR count). The second-order valence-electron chi connectivity index (χ2n) is 3.63. The molecule has 96 valence electrons. The third-order valence-corrected chi connectivity index (χ3v) is 2.36. The fourth-order valence-electron chi connectivity index (χ4n) is 1.44. The lowest BCUT2D eigenvalue weighted by Gasteiger charge is -2.09. The van der Waals surface area contributed by atoms with Gasteiger partial charge in [0.15, 0.2) is 5.82 Å². The average Bonchev–Trinajstić information content (AvgIpc) is 2.35. The molecule has 0 unspecified atom stereocenters. The van der Waals surface area contributed by atoms with Crippen molar-refractivity contribution in [2.45, 2.75) is 19.3 Å². The van der Waals surface area contributed by atoms with Gasteiger partial charge in [-0.1, -0.05) is 0 Å². The summed E-state index contributed by atoms with van der Waals surface area (Å²) < 4.78 is 9.99. The second kappa shape index (κ2) is 7.67. The van der Waals surface area contributed by atoms with Gasteiger partial charge in [-0.25, -0.2) is 4.98 Å². The molecule has 0 aromatic carbocycles. The number of rotatable bonds is 8. The van der Waals surface area contributed by atoms with E-state index in [-0.39, 0.29) is 0 Å². The first-order valence-electron chi connectivity index (χ1n) is 5.67. The Kier molecular flexibility index (Phi) is 6.09. The van der Waals surface area contributed by atoms with E-state index in [0.29, 0.717) is 17.4 Å². The van der Waals surface area contributed by atoms with E-state index in [4.69, 9.17) is 15.2 Å². The van der Waals surface area contributed by atoms with Gasteiger partial charge in [0.2, 0.25) is 5.88 Å². The van der Waals surface area contributed by atoms with E-state index in [0.717, 1.165) is 32.4 Å². The van der Waals surface area contributed by atoms with Crippen LogP contribution in [0, 0.1) is 0 Å². The maximum atomic E-state index is 5.82. The molecule has 0 saturated heterocycles. The van der Waals surface area contributed by atoms with E-state index in [1.54, 1.807) is 7.11 Å². The van der Waals surface area contributed by atoms with Crippen molar-refractivity contribution in [3.63, 3.8) is 0 Å². The number of methoxy groups -OCH3 is 2. The van der Waals surface area contributed by atoms with Crippen LogP contribution in [-0.2, 0) is 4.74 Å². The van der Waals surface area contributed by atoms with E-state index in [2.05, 4.69) is 15.3 Å². The number of unbranched alkanes of at least 4 members (excludes halogenated alkanes) is 2. The third kappa shape index (κ3) is 4.44. The van der Waals surface area contributed by atoms with Gasteiger partial charge in [-0.3, -0.25) is 0 Å². The molecule has 0 radical (unpaired) electrons. The Morgan fingerprint density at radius 3 is 2.76 bits per heavy atom. The summed E-state index contributed by atoms with van der Waals surface area (Å²) in [6, 6.07) is 0. The molecule has 0 bridgehead atoms. The highest BCUT2D eigenvalue weighted by molar-refractivity contribution is 5.66. The lowest BCUT2D eigenvalue weighted by atomic mass is 10.2. The van der Waals surface area contributed by atoms with Crippen LogP contribution in [0.4, 0.5) is 11.5 Å². The van der Waals surface area contributed by atoms with Crippen LogP contribution >= 0.6 is 0 Å². The zero-order valence-electron chi connectivity index (χ0n) is 10.4. The Bertz CT molecular complexity index is 333. The van der Waals surface area contributed by atoms with Crippen molar-refractivity contribution in [3.8, 4) is 5.88 Å². The molecular formula is C11H20N4O2. The normalized spacial score (nSPS) is 10.2. The topological polar surface area (TPSA) is 82.3 Å². The van der Waals surface area contributed by atoms with Gasteiger partial charge in [0, 0.05) is 20.3 Å². The highest BCUT2D eigenvalue weighted by atomic mass is 16.5. The number of nitrogen functional groups attached to an aromatic ring is 1. The quantitative estimate of drug-likeness (QED) is 0.666. The molecule has 0 amide bonds. The molecule has 0 atom stereocenters. The molecule has 0 fully saturated rings. The Morgan fingerprint density at radius 1 is 1.24 bits per heavy atom. The minimum absolute atomic E-state index is 0.405. The van der Waals surface area contributed by atoms with Crippen LogP contribution < -0.4 is 15.8 Å². The lowest BCUT2D eigenvalue weighted by Crippen LogP contribution is -2.08. The zero-order chi connectivity index (χ0) is 12.5. The number of nitrogens with one attached hydrogen (secondary N) is 1. The zero-order valence-corrected chi connectivity index (χ0v) is 10.4. The number of hydrogen-bond donors (Lipinski definition) is 2. The van der Waals surface area contributed by atoms with Crippen molar-refractivity contribution < 1.29 is 9.47 Å². The second-order valence-corrected chi connectivity index (χ2v) is 3.63. The Labute approximate surface area is 102 Å². The predicted molar refractivity (Wildman–Crippen MR) is 67.2 cm³/mol. The van der Waals surface area contributed by atoms with Gasteiger partial charge in [0.05, 0.1) is 7.11 Å². The molecule has 6 nitrogen and oxygen atoms in total. The molecule has 1 aromatic rings. The average molecular weight is 240 g/mol. The minimum atomic E-state index is 0.405. The van der Waals surface area contributed by atoms with Crippen LogP contribution in [0.1, 0.15) is 19.3 Å². The van der Waals surface area contributed by atoms with Gasteiger partial charge in [-0.2, -0.15) is 4.98 Å². The summed E-state index contributed by atoms with van der Waals surface area (Å²) >= 11 is 0. The van der Waals surface area contributed by atoms with Crippen molar-refractivity contribution >= 4 is 11.5 Å². The maximum Gasteiger partial charge on any atom is 0.242 e. The highest BCUT2D eigenvalue weighted by Crippen LogP contribution is 2.23. The summed E-state index contributed by atoms with van der Waals surface area (Å²) in [5.41, 5.74) is 6.27. The van der Waals surface area contributed by atoms with Gasteiger partial charge < -0.3 is 20.5 Å². The van der Waals surface area contributed by atoms with Gasteiger partial charge in [0.1, 0.15) is 12.0 Å². The number of anilines is 2. The molecular weight excluding hydrogens is 220 g/mol. The molecule has 3 N–H and O–H groups in total. The van der Waals surface area contributed by atoms with E-state index in [1.807, 2.05) is 0 Å². The summed E-state index contributed by atoms with van der Waals surface area (Å²) in [6.07, 6.45) is 4.67. The van der Waals surface area contributed by atoms with Gasteiger partial charge in [-0.15, -0.1) is 0 Å². The van der Waals surface area contributed by atoms with Gasteiger partial charge in [0.25, 0.3) is 0 Å². The smallest absolute Gasteiger partial charge is 0.242 e. The van der Waals surface area contributed by atoms with Crippen molar-refractivity contribution in [2.75, 3.05) is 38.4 Å². The van der Waals surface area contributed by atoms with Crippen LogP contribution in [0.2, 0.25) is 0 Å². The first-order chi connectivity index (χ1) is 8.29. The van der Waals surface area contributed by atoms with Crippen molar-refractivity contribution in [1.29, 1.82) is 0 Å². The molecule has 6 heteroatoms. The molecule has 0 aliphatic carbocycles. The Hall–Kier alpha value is -1.56. The van der Waals surface area contributed by atoms with E-state index >= 15 is 0 Å². The first-order valence-corrected chi connectivity index (χ1v) is 5.67. The number of nitrogens with zero attached hydrogens (tertiary/aromatic N) is 2. The van der Waals surface area contributed by atoms with E-state index in [1.165, 1.54) is 13.4 Å². The number of aromatic nitrogens is 2. The van der Waals surface area contributed by atoms with Crippen LogP contribution in [0.25, 0.3) is 0 Å². The SMILES string of the molecule is COCCCCCNc1ncnc(OC)c1N. The third-order valence-electron chi connectivity index (χ3n) is 2.36. The van der Waals surface area contributed by atoms with Gasteiger partial charge in [-0.05, 0) is 19.3 Å². The standard InChI is InChI=1S/C11H20N4O2/c1-16-7-5-3-4-6-13-10-9(12)11(17-2)15-8-14-10/h8H,3-7,12H2,1-2H3,(H,13,14,15). The Balaban J connectivity index is 2.31. The molecule has 0 saturated carbocycles. The van der Waals surface area contributed by atoms with E-state index < -0.39 is 0 Å². The van der Waals surface area contributed by atoms with Crippen LogP contribution in [0.5, 0.6) is 5.88 Å². The number of hydrogen-bond acceptors (Lipinski definition) is 6.